The first-order valence-corrected chi connectivity index (χ1v) is 8.33. The molecule has 0 saturated carbocycles. The van der Waals surface area contributed by atoms with Crippen LogP contribution < -0.4 is 5.73 Å². The van der Waals surface area contributed by atoms with E-state index >= 15 is 0 Å². The van der Waals surface area contributed by atoms with Crippen molar-refractivity contribution in [3.8, 4) is 11.4 Å². The third-order valence-electron chi connectivity index (χ3n) is 3.79. The summed E-state index contributed by atoms with van der Waals surface area (Å²) in [6.45, 7) is 2.94. The van der Waals surface area contributed by atoms with Crippen LogP contribution in [0.1, 0.15) is 27.3 Å². The van der Waals surface area contributed by atoms with Gasteiger partial charge in [-0.05, 0) is 31.9 Å². The number of nitrogens with zero attached hydrogens (tertiary/aromatic N) is 3. The molecule has 0 saturated heterocycles. The molecule has 5 nitrogen and oxygen atoms in total. The summed E-state index contributed by atoms with van der Waals surface area (Å²) in [4.78, 5) is 21.2. The van der Waals surface area contributed by atoms with Crippen LogP contribution in [-0.4, -0.2) is 20.4 Å². The van der Waals surface area contributed by atoms with Gasteiger partial charge in [0, 0.05) is 34.9 Å². The van der Waals surface area contributed by atoms with Gasteiger partial charge < -0.3 is 10.3 Å². The van der Waals surface area contributed by atoms with E-state index in [1.807, 2.05) is 23.8 Å². The van der Waals surface area contributed by atoms with Crippen molar-refractivity contribution in [2.24, 2.45) is 5.73 Å². The molecule has 2 aromatic heterocycles. The highest BCUT2D eigenvalue weighted by molar-refractivity contribution is 7.09. The molecule has 0 aliphatic heterocycles. The summed E-state index contributed by atoms with van der Waals surface area (Å²) in [6, 6.07) is 7.23. The molecule has 2 heterocycles. The average Bonchev–Trinajstić information content (AvgIpc) is 3.17. The molecule has 0 fully saturated rings. The molecule has 0 aliphatic carbocycles. The Labute approximate surface area is 138 Å². The van der Waals surface area contributed by atoms with E-state index < -0.39 is 5.91 Å². The second-order valence-corrected chi connectivity index (χ2v) is 6.29. The van der Waals surface area contributed by atoms with Gasteiger partial charge in [-0.2, -0.15) is 0 Å². The maximum Gasteiger partial charge on any atom is 0.248 e. The van der Waals surface area contributed by atoms with E-state index in [0.717, 1.165) is 36.5 Å². The molecule has 0 bridgehead atoms. The van der Waals surface area contributed by atoms with Crippen LogP contribution in [0.5, 0.6) is 0 Å². The molecule has 0 aliphatic rings. The molecule has 0 unspecified atom stereocenters. The Balaban J connectivity index is 1.69. The summed E-state index contributed by atoms with van der Waals surface area (Å²) in [5.74, 6) is 0.488. The van der Waals surface area contributed by atoms with Gasteiger partial charge in [0.25, 0.3) is 0 Å². The number of carbonyl (C=O) groups is 1. The van der Waals surface area contributed by atoms with Crippen molar-refractivity contribution in [1.82, 2.24) is 14.5 Å². The molecule has 3 rings (SSSR count). The number of aryl methyl sites for hydroxylation is 3. The van der Waals surface area contributed by atoms with Crippen molar-refractivity contribution >= 4 is 17.2 Å². The minimum atomic E-state index is -0.417. The van der Waals surface area contributed by atoms with Gasteiger partial charge in [-0.1, -0.05) is 12.1 Å². The molecule has 0 spiro atoms. The van der Waals surface area contributed by atoms with E-state index in [2.05, 4.69) is 21.5 Å². The number of hydrogen-bond acceptors (Lipinski definition) is 4. The molecule has 23 heavy (non-hydrogen) atoms. The SMILES string of the molecule is Cc1ncsc1CCCn1ccnc1-c1ccc(C(N)=O)cc1. The number of carbonyl (C=O) groups excluding carboxylic acids is 1. The first-order chi connectivity index (χ1) is 11.1. The van der Waals surface area contributed by atoms with Crippen LogP contribution >= 0.6 is 11.3 Å². The largest absolute Gasteiger partial charge is 0.366 e. The number of imidazole rings is 1. The van der Waals surface area contributed by atoms with Gasteiger partial charge in [-0.15, -0.1) is 11.3 Å². The summed E-state index contributed by atoms with van der Waals surface area (Å²) in [5.41, 5.74) is 9.78. The second-order valence-electron chi connectivity index (χ2n) is 5.35. The van der Waals surface area contributed by atoms with E-state index in [4.69, 9.17) is 5.73 Å². The lowest BCUT2D eigenvalue weighted by atomic mass is 10.1. The molecule has 1 amide bonds. The van der Waals surface area contributed by atoms with Gasteiger partial charge in [-0.25, -0.2) is 9.97 Å². The predicted molar refractivity (Wildman–Crippen MR) is 91.4 cm³/mol. The highest BCUT2D eigenvalue weighted by atomic mass is 32.1. The molecular formula is C17H18N4OS. The Morgan fingerprint density at radius 1 is 1.26 bits per heavy atom. The quantitative estimate of drug-likeness (QED) is 0.756. The highest BCUT2D eigenvalue weighted by Gasteiger charge is 2.08. The number of nitrogens with two attached hydrogens (primary N) is 1. The van der Waals surface area contributed by atoms with Crippen LogP contribution in [0.4, 0.5) is 0 Å². The molecule has 0 atom stereocenters. The van der Waals surface area contributed by atoms with Crippen LogP contribution in [0.2, 0.25) is 0 Å². The summed E-state index contributed by atoms with van der Waals surface area (Å²) in [5, 5.41) is 0. The minimum Gasteiger partial charge on any atom is -0.366 e. The molecule has 0 radical (unpaired) electrons. The number of hydrogen-bond donors (Lipinski definition) is 1. The van der Waals surface area contributed by atoms with Gasteiger partial charge in [0.1, 0.15) is 5.82 Å². The third-order valence-corrected chi connectivity index (χ3v) is 4.79. The molecule has 2 N–H and O–H groups in total. The van der Waals surface area contributed by atoms with Gasteiger partial charge in [0.15, 0.2) is 0 Å². The second kappa shape index (κ2) is 6.75. The molecular weight excluding hydrogens is 308 g/mol. The van der Waals surface area contributed by atoms with Crippen molar-refractivity contribution in [2.45, 2.75) is 26.3 Å². The van der Waals surface area contributed by atoms with Crippen molar-refractivity contribution in [2.75, 3.05) is 0 Å². The first kappa shape index (κ1) is 15.4. The minimum absolute atomic E-state index is 0.417. The zero-order chi connectivity index (χ0) is 16.2. The summed E-state index contributed by atoms with van der Waals surface area (Å²) in [6.07, 6.45) is 5.84. The summed E-state index contributed by atoms with van der Waals surface area (Å²) in [7, 11) is 0. The maximum atomic E-state index is 11.1. The number of benzene rings is 1. The van der Waals surface area contributed by atoms with Gasteiger partial charge >= 0.3 is 0 Å². The van der Waals surface area contributed by atoms with Gasteiger partial charge in [0.2, 0.25) is 5.91 Å². The summed E-state index contributed by atoms with van der Waals surface area (Å²) < 4.78 is 2.13. The number of rotatable bonds is 6. The average molecular weight is 326 g/mol. The van der Waals surface area contributed by atoms with Crippen molar-refractivity contribution in [1.29, 1.82) is 0 Å². The molecule has 1 aromatic carbocycles. The lowest BCUT2D eigenvalue weighted by Crippen LogP contribution is -2.10. The topological polar surface area (TPSA) is 73.8 Å². The van der Waals surface area contributed by atoms with Gasteiger partial charge in [-0.3, -0.25) is 4.79 Å². The van der Waals surface area contributed by atoms with Crippen molar-refractivity contribution in [3.05, 3.63) is 58.3 Å². The zero-order valence-corrected chi connectivity index (χ0v) is 13.7. The van der Waals surface area contributed by atoms with E-state index in [1.54, 1.807) is 29.7 Å². The van der Waals surface area contributed by atoms with Crippen LogP contribution in [0, 0.1) is 6.92 Å². The first-order valence-electron chi connectivity index (χ1n) is 7.45. The maximum absolute atomic E-state index is 11.1. The lowest BCUT2D eigenvalue weighted by Gasteiger charge is -2.08. The molecule has 118 valence electrons. The summed E-state index contributed by atoms with van der Waals surface area (Å²) >= 11 is 1.71. The number of amides is 1. The fourth-order valence-electron chi connectivity index (χ4n) is 2.51. The Morgan fingerprint density at radius 3 is 2.70 bits per heavy atom. The van der Waals surface area contributed by atoms with E-state index in [9.17, 15) is 4.79 Å². The smallest absolute Gasteiger partial charge is 0.248 e. The van der Waals surface area contributed by atoms with Crippen molar-refractivity contribution < 1.29 is 4.79 Å². The fraction of sp³-hybridized carbons (Fsp3) is 0.235. The standard InChI is InChI=1S/C17H18N4OS/c1-12-15(23-11-20-12)3-2-9-21-10-8-19-17(21)14-6-4-13(5-7-14)16(18)22/h4-8,10-11H,2-3,9H2,1H3,(H2,18,22). The molecule has 6 heteroatoms. The molecule has 3 aromatic rings. The number of primary amides is 1. The Hall–Kier alpha value is -2.47. The predicted octanol–water partition coefficient (Wildman–Crippen LogP) is 3.05. The van der Waals surface area contributed by atoms with E-state index in [0.29, 0.717) is 5.56 Å². The normalized spacial score (nSPS) is 10.8. The van der Waals surface area contributed by atoms with Gasteiger partial charge in [0.05, 0.1) is 11.2 Å². The number of thiazole rings is 1. The van der Waals surface area contributed by atoms with Crippen LogP contribution in [0.15, 0.2) is 42.2 Å². The van der Waals surface area contributed by atoms with Crippen LogP contribution in [0.25, 0.3) is 11.4 Å². The van der Waals surface area contributed by atoms with E-state index in [-0.39, 0.29) is 0 Å². The lowest BCUT2D eigenvalue weighted by molar-refractivity contribution is 0.100. The zero-order valence-electron chi connectivity index (χ0n) is 12.9. The Bertz CT molecular complexity index is 804. The monoisotopic (exact) mass is 326 g/mol. The Kier molecular flexibility index (Phi) is 4.52. The Morgan fingerprint density at radius 2 is 2.04 bits per heavy atom. The third kappa shape index (κ3) is 3.48. The van der Waals surface area contributed by atoms with Crippen molar-refractivity contribution in [3.63, 3.8) is 0 Å². The highest BCUT2D eigenvalue weighted by Crippen LogP contribution is 2.20. The van der Waals surface area contributed by atoms with Crippen LogP contribution in [-0.2, 0) is 13.0 Å². The number of aromatic nitrogens is 3. The van der Waals surface area contributed by atoms with Crippen LogP contribution in [0.3, 0.4) is 0 Å². The van der Waals surface area contributed by atoms with E-state index in [1.165, 1.54) is 4.88 Å². The fourth-order valence-corrected chi connectivity index (χ4v) is 3.33.